The average Bonchev–Trinajstić information content (AvgIpc) is 2.35. The summed E-state index contributed by atoms with van der Waals surface area (Å²) in [5, 5.41) is 5.52. The molecule has 12 heavy (non-hydrogen) atoms. The van der Waals surface area contributed by atoms with E-state index < -0.39 is 6.03 Å². The number of amides is 2. The maximum Gasteiger partial charge on any atom is 0.312 e. The van der Waals surface area contributed by atoms with Gasteiger partial charge in [-0.05, 0) is 6.92 Å². The topological polar surface area (TPSA) is 68.0 Å². The summed E-state index contributed by atoms with van der Waals surface area (Å²) in [7, 11) is 0. The van der Waals surface area contributed by atoms with E-state index in [1.807, 2.05) is 12.3 Å². The Kier molecular flexibility index (Phi) is 3.04. The largest absolute Gasteiger partial charge is 0.352 e. The van der Waals surface area contributed by atoms with Gasteiger partial charge in [-0.25, -0.2) is 9.78 Å². The molecule has 0 radical (unpaired) electrons. The number of aromatic nitrogens is 1. The molecule has 1 aromatic heterocycles. The third kappa shape index (κ3) is 2.87. The molecular formula is C7H11N3OS. The molecule has 0 saturated carbocycles. The molecular weight excluding hydrogens is 174 g/mol. The van der Waals surface area contributed by atoms with Crippen LogP contribution < -0.4 is 11.1 Å². The predicted octanol–water partition coefficient (Wildman–Crippen LogP) is 0.662. The number of aryl methyl sites for hydroxylation is 1. The number of hydrogen-bond donors (Lipinski definition) is 2. The van der Waals surface area contributed by atoms with Crippen LogP contribution in [-0.4, -0.2) is 17.6 Å². The lowest BCUT2D eigenvalue weighted by molar-refractivity contribution is 0.249. The van der Waals surface area contributed by atoms with Crippen LogP contribution in [0.5, 0.6) is 0 Å². The first-order chi connectivity index (χ1) is 5.68. The first kappa shape index (κ1) is 8.99. The fraction of sp³-hybridized carbons (Fsp3) is 0.429. The molecule has 0 atom stereocenters. The zero-order valence-electron chi connectivity index (χ0n) is 6.83. The number of nitrogens with two attached hydrogens (primary N) is 1. The summed E-state index contributed by atoms with van der Waals surface area (Å²) in [5.74, 6) is 0. The molecule has 2 amide bonds. The van der Waals surface area contributed by atoms with Crippen LogP contribution in [-0.2, 0) is 6.42 Å². The monoisotopic (exact) mass is 185 g/mol. The molecule has 1 heterocycles. The Morgan fingerprint density at radius 2 is 2.58 bits per heavy atom. The minimum atomic E-state index is -0.483. The van der Waals surface area contributed by atoms with Crippen molar-refractivity contribution in [1.82, 2.24) is 10.3 Å². The van der Waals surface area contributed by atoms with E-state index in [4.69, 9.17) is 5.73 Å². The van der Waals surface area contributed by atoms with E-state index in [0.29, 0.717) is 6.54 Å². The molecule has 66 valence electrons. The lowest BCUT2D eigenvalue weighted by Crippen LogP contribution is -2.30. The SMILES string of the molecule is Cc1csc(CCNC(N)=O)n1. The molecule has 0 spiro atoms. The zero-order chi connectivity index (χ0) is 8.97. The summed E-state index contributed by atoms with van der Waals surface area (Å²) < 4.78 is 0. The van der Waals surface area contributed by atoms with E-state index in [0.717, 1.165) is 17.1 Å². The normalized spacial score (nSPS) is 9.75. The maximum absolute atomic E-state index is 10.3. The minimum absolute atomic E-state index is 0.483. The van der Waals surface area contributed by atoms with Crippen molar-refractivity contribution in [3.63, 3.8) is 0 Å². The van der Waals surface area contributed by atoms with Crippen molar-refractivity contribution < 1.29 is 4.79 Å². The van der Waals surface area contributed by atoms with E-state index in [-0.39, 0.29) is 0 Å². The number of urea groups is 1. The lowest BCUT2D eigenvalue weighted by Gasteiger charge is -1.97. The van der Waals surface area contributed by atoms with Gasteiger partial charge in [-0.2, -0.15) is 0 Å². The quantitative estimate of drug-likeness (QED) is 0.726. The number of carbonyl (C=O) groups excluding carboxylic acids is 1. The van der Waals surface area contributed by atoms with Crippen molar-refractivity contribution in [2.24, 2.45) is 5.73 Å². The zero-order valence-corrected chi connectivity index (χ0v) is 7.65. The van der Waals surface area contributed by atoms with Gasteiger partial charge in [-0.1, -0.05) is 0 Å². The Balaban J connectivity index is 2.29. The number of rotatable bonds is 3. The highest BCUT2D eigenvalue weighted by Gasteiger charge is 1.98. The van der Waals surface area contributed by atoms with Crippen LogP contribution in [0.25, 0.3) is 0 Å². The second kappa shape index (κ2) is 4.06. The van der Waals surface area contributed by atoms with Crippen LogP contribution in [0.1, 0.15) is 10.7 Å². The van der Waals surface area contributed by atoms with E-state index in [2.05, 4.69) is 10.3 Å². The van der Waals surface area contributed by atoms with Gasteiger partial charge >= 0.3 is 6.03 Å². The summed E-state index contributed by atoms with van der Waals surface area (Å²) in [6, 6.07) is -0.483. The van der Waals surface area contributed by atoms with Crippen molar-refractivity contribution in [2.75, 3.05) is 6.54 Å². The highest BCUT2D eigenvalue weighted by atomic mass is 32.1. The average molecular weight is 185 g/mol. The molecule has 1 aromatic rings. The fourth-order valence-electron chi connectivity index (χ4n) is 0.810. The molecule has 0 aliphatic rings. The Morgan fingerprint density at radius 3 is 3.08 bits per heavy atom. The van der Waals surface area contributed by atoms with Gasteiger partial charge in [0.05, 0.1) is 5.01 Å². The van der Waals surface area contributed by atoms with Crippen molar-refractivity contribution in [2.45, 2.75) is 13.3 Å². The minimum Gasteiger partial charge on any atom is -0.352 e. The summed E-state index contributed by atoms with van der Waals surface area (Å²) >= 11 is 1.60. The first-order valence-electron chi connectivity index (χ1n) is 3.63. The molecule has 0 aliphatic heterocycles. The molecule has 0 fully saturated rings. The van der Waals surface area contributed by atoms with Gasteiger partial charge in [0, 0.05) is 24.0 Å². The van der Waals surface area contributed by atoms with Crippen LogP contribution in [0.2, 0.25) is 0 Å². The smallest absolute Gasteiger partial charge is 0.312 e. The maximum atomic E-state index is 10.3. The number of carbonyl (C=O) groups is 1. The van der Waals surface area contributed by atoms with Crippen LogP contribution in [0.15, 0.2) is 5.38 Å². The van der Waals surface area contributed by atoms with Gasteiger partial charge in [-0.3, -0.25) is 0 Å². The second-order valence-corrected chi connectivity index (χ2v) is 3.37. The van der Waals surface area contributed by atoms with Crippen molar-refractivity contribution in [3.8, 4) is 0 Å². The molecule has 5 heteroatoms. The molecule has 0 unspecified atom stereocenters. The van der Waals surface area contributed by atoms with Crippen molar-refractivity contribution >= 4 is 17.4 Å². The molecule has 0 bridgehead atoms. The van der Waals surface area contributed by atoms with E-state index >= 15 is 0 Å². The molecule has 4 nitrogen and oxygen atoms in total. The van der Waals surface area contributed by atoms with Gasteiger partial charge < -0.3 is 11.1 Å². The highest BCUT2D eigenvalue weighted by molar-refractivity contribution is 7.09. The van der Waals surface area contributed by atoms with Gasteiger partial charge in [0.2, 0.25) is 0 Å². The number of nitrogens with zero attached hydrogens (tertiary/aromatic N) is 1. The standard InChI is InChI=1S/C7H11N3OS/c1-5-4-12-6(10-5)2-3-9-7(8)11/h4H,2-3H2,1H3,(H3,8,9,11). The predicted molar refractivity (Wildman–Crippen MR) is 48.1 cm³/mol. The second-order valence-electron chi connectivity index (χ2n) is 2.42. The van der Waals surface area contributed by atoms with E-state index in [1.165, 1.54) is 0 Å². The number of nitrogens with one attached hydrogen (secondary N) is 1. The van der Waals surface area contributed by atoms with E-state index in [1.54, 1.807) is 11.3 Å². The highest BCUT2D eigenvalue weighted by Crippen LogP contribution is 2.08. The summed E-state index contributed by atoms with van der Waals surface area (Å²) in [6.07, 6.45) is 0.751. The number of thiazole rings is 1. The summed E-state index contributed by atoms with van der Waals surface area (Å²) in [5.41, 5.74) is 5.92. The van der Waals surface area contributed by atoms with Crippen LogP contribution in [0.4, 0.5) is 4.79 Å². The van der Waals surface area contributed by atoms with E-state index in [9.17, 15) is 4.79 Å². The summed E-state index contributed by atoms with van der Waals surface area (Å²) in [4.78, 5) is 14.5. The van der Waals surface area contributed by atoms with Crippen LogP contribution >= 0.6 is 11.3 Å². The molecule has 0 aliphatic carbocycles. The molecule has 3 N–H and O–H groups in total. The number of hydrogen-bond acceptors (Lipinski definition) is 3. The lowest BCUT2D eigenvalue weighted by atomic mass is 10.4. The van der Waals surface area contributed by atoms with Crippen molar-refractivity contribution in [3.05, 3.63) is 16.1 Å². The van der Waals surface area contributed by atoms with Gasteiger partial charge in [-0.15, -0.1) is 11.3 Å². The fourth-order valence-corrected chi connectivity index (χ4v) is 1.59. The van der Waals surface area contributed by atoms with Crippen LogP contribution in [0, 0.1) is 6.92 Å². The summed E-state index contributed by atoms with van der Waals surface area (Å²) in [6.45, 7) is 2.50. The Labute approximate surface area is 74.8 Å². The Bertz CT molecular complexity index is 271. The first-order valence-corrected chi connectivity index (χ1v) is 4.51. The third-order valence-electron chi connectivity index (χ3n) is 1.30. The Morgan fingerprint density at radius 1 is 1.83 bits per heavy atom. The molecule has 1 rings (SSSR count). The van der Waals surface area contributed by atoms with Gasteiger partial charge in [0.1, 0.15) is 0 Å². The molecule has 0 saturated heterocycles. The van der Waals surface area contributed by atoms with Crippen molar-refractivity contribution in [1.29, 1.82) is 0 Å². The number of primary amides is 1. The van der Waals surface area contributed by atoms with Crippen LogP contribution in [0.3, 0.4) is 0 Å². The Hall–Kier alpha value is -1.10. The van der Waals surface area contributed by atoms with Gasteiger partial charge in [0.15, 0.2) is 0 Å². The molecule has 0 aromatic carbocycles. The van der Waals surface area contributed by atoms with Gasteiger partial charge in [0.25, 0.3) is 0 Å². The third-order valence-corrected chi connectivity index (χ3v) is 2.33.